The van der Waals surface area contributed by atoms with Crippen LogP contribution in [0.15, 0.2) is 23.1 Å². The topological polar surface area (TPSA) is 66.6 Å². The average molecular weight is 318 g/mol. The molecule has 0 unspecified atom stereocenters. The minimum absolute atomic E-state index is 0.0353. The van der Waals surface area contributed by atoms with E-state index in [1.807, 2.05) is 7.05 Å². The number of nitrogens with two attached hydrogens (primary N) is 1. The van der Waals surface area contributed by atoms with Crippen LogP contribution in [0.3, 0.4) is 0 Å². The number of piperidine rings is 1. The summed E-state index contributed by atoms with van der Waals surface area (Å²) in [5, 5.41) is 0.367. The fourth-order valence-corrected chi connectivity index (χ4v) is 3.97. The Bertz CT molecular complexity index is 583. The van der Waals surface area contributed by atoms with Crippen LogP contribution < -0.4 is 5.73 Å². The predicted molar refractivity (Wildman–Crippen MR) is 81.3 cm³/mol. The quantitative estimate of drug-likeness (QED) is 0.861. The molecule has 1 aliphatic rings. The standard InChI is InChI=1S/C13H20ClN3O2S/c1-16-7-5-10(6-8-16)17(2)20(18,19)11-3-4-12(14)13(15)9-11/h3-4,9-10H,5-8,15H2,1-2H3. The lowest BCUT2D eigenvalue weighted by molar-refractivity contribution is 0.197. The molecule has 7 heteroatoms. The van der Waals surface area contributed by atoms with Gasteiger partial charge in [-0.15, -0.1) is 0 Å². The van der Waals surface area contributed by atoms with E-state index in [-0.39, 0.29) is 16.6 Å². The molecule has 20 heavy (non-hydrogen) atoms. The van der Waals surface area contributed by atoms with Gasteiger partial charge >= 0.3 is 0 Å². The molecule has 1 saturated heterocycles. The Morgan fingerprint density at radius 2 is 1.95 bits per heavy atom. The maximum absolute atomic E-state index is 12.6. The molecule has 5 nitrogen and oxygen atoms in total. The molecule has 0 bridgehead atoms. The van der Waals surface area contributed by atoms with Gasteiger partial charge in [0.2, 0.25) is 10.0 Å². The van der Waals surface area contributed by atoms with Gasteiger partial charge in [0.25, 0.3) is 0 Å². The maximum atomic E-state index is 12.6. The minimum atomic E-state index is -3.52. The van der Waals surface area contributed by atoms with E-state index >= 15 is 0 Å². The molecule has 0 atom stereocenters. The molecule has 2 N–H and O–H groups in total. The van der Waals surface area contributed by atoms with Crippen molar-refractivity contribution >= 4 is 27.3 Å². The molecule has 0 aromatic heterocycles. The van der Waals surface area contributed by atoms with Gasteiger partial charge in [-0.3, -0.25) is 0 Å². The molecule has 1 fully saturated rings. The van der Waals surface area contributed by atoms with E-state index in [1.54, 1.807) is 7.05 Å². The van der Waals surface area contributed by atoms with Crippen LogP contribution in [-0.4, -0.2) is 50.8 Å². The summed E-state index contributed by atoms with van der Waals surface area (Å²) in [5.41, 5.74) is 5.97. The average Bonchev–Trinajstić information content (AvgIpc) is 2.41. The molecule has 0 aliphatic carbocycles. The van der Waals surface area contributed by atoms with Gasteiger partial charge in [0.1, 0.15) is 0 Å². The van der Waals surface area contributed by atoms with E-state index in [1.165, 1.54) is 22.5 Å². The van der Waals surface area contributed by atoms with E-state index in [9.17, 15) is 8.42 Å². The molecule has 2 rings (SSSR count). The Morgan fingerprint density at radius 1 is 1.35 bits per heavy atom. The first kappa shape index (κ1) is 15.6. The van der Waals surface area contributed by atoms with Gasteiger partial charge in [-0.05, 0) is 51.2 Å². The van der Waals surface area contributed by atoms with Gasteiger partial charge in [0.15, 0.2) is 0 Å². The molecule has 1 heterocycles. The van der Waals surface area contributed by atoms with Gasteiger partial charge in [-0.1, -0.05) is 11.6 Å². The van der Waals surface area contributed by atoms with Gasteiger partial charge < -0.3 is 10.6 Å². The maximum Gasteiger partial charge on any atom is 0.243 e. The molecule has 1 aromatic rings. The number of nitrogen functional groups attached to an aromatic ring is 1. The summed E-state index contributed by atoms with van der Waals surface area (Å²) < 4.78 is 26.6. The highest BCUT2D eigenvalue weighted by molar-refractivity contribution is 7.89. The van der Waals surface area contributed by atoms with Crippen molar-refractivity contribution in [2.75, 3.05) is 32.9 Å². The fraction of sp³-hybridized carbons (Fsp3) is 0.538. The molecular formula is C13H20ClN3O2S. The van der Waals surface area contributed by atoms with Crippen molar-refractivity contribution in [2.24, 2.45) is 0 Å². The summed E-state index contributed by atoms with van der Waals surface area (Å²) in [6.45, 7) is 1.82. The summed E-state index contributed by atoms with van der Waals surface area (Å²) in [6.07, 6.45) is 1.69. The second kappa shape index (κ2) is 5.89. The Morgan fingerprint density at radius 3 is 2.50 bits per heavy atom. The van der Waals surface area contributed by atoms with Gasteiger partial charge in [-0.25, -0.2) is 8.42 Å². The second-order valence-electron chi connectivity index (χ2n) is 5.24. The SMILES string of the molecule is CN1CCC(N(C)S(=O)(=O)c2ccc(Cl)c(N)c2)CC1. The third-order valence-electron chi connectivity index (χ3n) is 3.85. The number of halogens is 1. The van der Waals surface area contributed by atoms with Crippen molar-refractivity contribution in [1.82, 2.24) is 9.21 Å². The molecular weight excluding hydrogens is 298 g/mol. The number of hydrogen-bond donors (Lipinski definition) is 1. The van der Waals surface area contributed by atoms with E-state index < -0.39 is 10.0 Å². The highest BCUT2D eigenvalue weighted by Crippen LogP contribution is 2.26. The summed E-state index contributed by atoms with van der Waals surface area (Å²) in [7, 11) is 0.162. The Balaban J connectivity index is 2.23. The number of sulfonamides is 1. The summed E-state index contributed by atoms with van der Waals surface area (Å²) in [4.78, 5) is 2.40. The number of anilines is 1. The van der Waals surface area contributed by atoms with Crippen LogP contribution in [0.4, 0.5) is 5.69 Å². The van der Waals surface area contributed by atoms with Crippen molar-refractivity contribution in [1.29, 1.82) is 0 Å². The van der Waals surface area contributed by atoms with E-state index in [2.05, 4.69) is 4.90 Å². The Hall–Kier alpha value is -0.820. The van der Waals surface area contributed by atoms with Crippen molar-refractivity contribution in [3.8, 4) is 0 Å². The largest absolute Gasteiger partial charge is 0.397 e. The smallest absolute Gasteiger partial charge is 0.243 e. The van der Waals surface area contributed by atoms with Crippen molar-refractivity contribution in [2.45, 2.75) is 23.8 Å². The monoisotopic (exact) mass is 317 g/mol. The Kier molecular flexibility index (Phi) is 4.59. The first-order chi connectivity index (χ1) is 9.32. The zero-order valence-electron chi connectivity index (χ0n) is 11.7. The third kappa shape index (κ3) is 3.09. The normalized spacial score (nSPS) is 18.6. The number of rotatable bonds is 3. The van der Waals surface area contributed by atoms with Gasteiger partial charge in [-0.2, -0.15) is 4.31 Å². The zero-order valence-corrected chi connectivity index (χ0v) is 13.3. The minimum Gasteiger partial charge on any atom is -0.397 e. The zero-order chi connectivity index (χ0) is 14.9. The lowest BCUT2D eigenvalue weighted by Gasteiger charge is -2.34. The highest BCUT2D eigenvalue weighted by atomic mass is 35.5. The van der Waals surface area contributed by atoms with Crippen molar-refractivity contribution < 1.29 is 8.42 Å². The molecule has 1 aromatic carbocycles. The summed E-state index contributed by atoms with van der Waals surface area (Å²) >= 11 is 5.84. The third-order valence-corrected chi connectivity index (χ3v) is 6.10. The van der Waals surface area contributed by atoms with Crippen LogP contribution in [0.25, 0.3) is 0 Å². The van der Waals surface area contributed by atoms with Crippen LogP contribution in [-0.2, 0) is 10.0 Å². The molecule has 112 valence electrons. The fourth-order valence-electron chi connectivity index (χ4n) is 2.40. The van der Waals surface area contributed by atoms with Crippen LogP contribution in [0, 0.1) is 0 Å². The highest BCUT2D eigenvalue weighted by Gasteiger charge is 2.30. The van der Waals surface area contributed by atoms with Crippen molar-refractivity contribution in [3.05, 3.63) is 23.2 Å². The predicted octanol–water partition coefficient (Wildman–Crippen LogP) is 1.64. The molecule has 0 saturated carbocycles. The number of likely N-dealkylation sites (tertiary alicyclic amines) is 1. The summed E-state index contributed by atoms with van der Waals surface area (Å²) in [5.74, 6) is 0. The van der Waals surface area contributed by atoms with E-state index in [4.69, 9.17) is 17.3 Å². The number of nitrogens with zero attached hydrogens (tertiary/aromatic N) is 2. The van der Waals surface area contributed by atoms with Crippen molar-refractivity contribution in [3.63, 3.8) is 0 Å². The van der Waals surface area contributed by atoms with Crippen LogP contribution in [0.1, 0.15) is 12.8 Å². The van der Waals surface area contributed by atoms with Gasteiger partial charge in [0.05, 0.1) is 15.6 Å². The number of benzene rings is 1. The second-order valence-corrected chi connectivity index (χ2v) is 7.64. The lowest BCUT2D eigenvalue weighted by Crippen LogP contribution is -2.44. The Labute approximate surface area is 125 Å². The first-order valence-electron chi connectivity index (χ1n) is 6.54. The van der Waals surface area contributed by atoms with E-state index in [0.717, 1.165) is 25.9 Å². The number of hydrogen-bond acceptors (Lipinski definition) is 4. The van der Waals surface area contributed by atoms with Crippen LogP contribution >= 0.6 is 11.6 Å². The van der Waals surface area contributed by atoms with E-state index in [0.29, 0.717) is 5.02 Å². The molecule has 1 aliphatic heterocycles. The first-order valence-corrected chi connectivity index (χ1v) is 8.36. The molecule has 0 radical (unpaired) electrons. The lowest BCUT2D eigenvalue weighted by atomic mass is 10.1. The molecule has 0 spiro atoms. The molecule has 0 amide bonds. The van der Waals surface area contributed by atoms with Crippen LogP contribution in [0.2, 0.25) is 5.02 Å². The van der Waals surface area contributed by atoms with Crippen LogP contribution in [0.5, 0.6) is 0 Å². The summed E-state index contributed by atoms with van der Waals surface area (Å²) in [6, 6.07) is 4.47. The van der Waals surface area contributed by atoms with Gasteiger partial charge in [0, 0.05) is 13.1 Å².